The molecule has 8 heteroatoms. The zero-order valence-corrected chi connectivity index (χ0v) is 12.1. The second-order valence-electron chi connectivity index (χ2n) is 3.42. The van der Waals surface area contributed by atoms with E-state index in [1.54, 1.807) is 0 Å². The van der Waals surface area contributed by atoms with Gasteiger partial charge in [0.1, 0.15) is 12.4 Å². The molecule has 0 fully saturated rings. The first kappa shape index (κ1) is 20.0. The molecule has 0 aliphatic heterocycles. The molecule has 0 spiro atoms. The summed E-state index contributed by atoms with van der Waals surface area (Å²) >= 11 is 3.70. The van der Waals surface area contributed by atoms with E-state index in [0.717, 1.165) is 6.54 Å². The Bertz CT molecular complexity index is 461. The van der Waals surface area contributed by atoms with Crippen molar-refractivity contribution in [2.75, 3.05) is 0 Å². The third-order valence-corrected chi connectivity index (χ3v) is 1.67. The van der Waals surface area contributed by atoms with Gasteiger partial charge in [0.25, 0.3) is 0 Å². The summed E-state index contributed by atoms with van der Waals surface area (Å²) in [5.74, 6) is -2.51. The predicted molar refractivity (Wildman–Crippen MR) is 76.3 cm³/mol. The minimum Gasteiger partial charge on any atom is -0.753 e. The van der Waals surface area contributed by atoms with Crippen molar-refractivity contribution in [1.82, 2.24) is 4.57 Å². The molecule has 0 unspecified atom stereocenters. The van der Waals surface area contributed by atoms with E-state index in [2.05, 4.69) is 47.0 Å². The van der Waals surface area contributed by atoms with Gasteiger partial charge in [-0.15, -0.1) is 0 Å². The monoisotopic (exact) mass is 299 g/mol. The molecule has 0 radical (unpaired) electrons. The predicted octanol–water partition coefficient (Wildman–Crippen LogP) is 1.09. The normalized spacial score (nSPS) is 8.70. The smallest absolute Gasteiger partial charge is 0.328 e. The topological polar surface area (TPSA) is 106 Å². The third kappa shape index (κ3) is 15.7. The van der Waals surface area contributed by atoms with E-state index in [1.165, 1.54) is 11.6 Å². The van der Waals surface area contributed by atoms with Crippen LogP contribution in [0.25, 0.3) is 5.41 Å². The van der Waals surface area contributed by atoms with Crippen molar-refractivity contribution >= 4 is 29.3 Å². The Kier molecular flexibility index (Phi) is 13.1. The SMILES string of the molecule is CCCn1cc[n+](C)c1.O=C(O)/C=C\C(=O)O.[N-]=C=S. The van der Waals surface area contributed by atoms with Crippen LogP contribution in [0.5, 0.6) is 0 Å². The van der Waals surface area contributed by atoms with Crippen LogP contribution in [-0.2, 0) is 23.2 Å². The van der Waals surface area contributed by atoms with Gasteiger partial charge in [0, 0.05) is 12.2 Å². The molecule has 0 bridgehead atoms. The minimum absolute atomic E-state index is 0.558. The van der Waals surface area contributed by atoms with Crippen LogP contribution in [0.15, 0.2) is 30.9 Å². The molecule has 110 valence electrons. The highest BCUT2D eigenvalue weighted by Gasteiger charge is 1.94. The van der Waals surface area contributed by atoms with Gasteiger partial charge in [0.05, 0.1) is 13.6 Å². The first-order chi connectivity index (χ1) is 9.37. The van der Waals surface area contributed by atoms with Gasteiger partial charge in [-0.05, 0) is 6.42 Å². The maximum absolute atomic E-state index is 9.55. The lowest BCUT2D eigenvalue weighted by Crippen LogP contribution is -2.23. The molecule has 0 aliphatic carbocycles. The number of hydrogen-bond donors (Lipinski definition) is 2. The van der Waals surface area contributed by atoms with Crippen LogP contribution in [0.3, 0.4) is 0 Å². The van der Waals surface area contributed by atoms with Gasteiger partial charge in [-0.25, -0.2) is 18.7 Å². The molecule has 0 aliphatic rings. The van der Waals surface area contributed by atoms with Gasteiger partial charge in [-0.1, -0.05) is 19.1 Å². The lowest BCUT2D eigenvalue weighted by molar-refractivity contribution is -0.671. The molecule has 0 amide bonds. The highest BCUT2D eigenvalue weighted by atomic mass is 32.1. The van der Waals surface area contributed by atoms with Crippen LogP contribution in [0.4, 0.5) is 0 Å². The first-order valence-corrected chi connectivity index (χ1v) is 5.94. The Morgan fingerprint density at radius 2 is 1.85 bits per heavy atom. The summed E-state index contributed by atoms with van der Waals surface area (Å²) in [6, 6.07) is 0. The third-order valence-electron chi connectivity index (χ3n) is 1.67. The molecule has 1 heterocycles. The van der Waals surface area contributed by atoms with Crippen LogP contribution >= 0.6 is 12.2 Å². The Balaban J connectivity index is 0. The summed E-state index contributed by atoms with van der Waals surface area (Å²) in [6.45, 7) is 3.31. The number of isothiocyanates is 1. The van der Waals surface area contributed by atoms with E-state index in [-0.39, 0.29) is 0 Å². The largest absolute Gasteiger partial charge is 0.753 e. The van der Waals surface area contributed by atoms with Gasteiger partial charge >= 0.3 is 11.9 Å². The number of hydrogen-bond acceptors (Lipinski definition) is 3. The van der Waals surface area contributed by atoms with Crippen molar-refractivity contribution in [3.8, 4) is 0 Å². The Hall–Kier alpha value is -2.31. The van der Waals surface area contributed by atoms with Crippen LogP contribution in [-0.4, -0.2) is 31.9 Å². The zero-order chi connectivity index (χ0) is 16.0. The lowest BCUT2D eigenvalue weighted by atomic mass is 10.5. The van der Waals surface area contributed by atoms with Crippen molar-refractivity contribution in [1.29, 1.82) is 0 Å². The summed E-state index contributed by atoms with van der Waals surface area (Å²) < 4.78 is 4.23. The van der Waals surface area contributed by atoms with E-state index in [0.29, 0.717) is 12.2 Å². The molecule has 7 nitrogen and oxygen atoms in total. The fourth-order valence-corrected chi connectivity index (χ4v) is 1.03. The Morgan fingerprint density at radius 1 is 1.40 bits per heavy atom. The summed E-state index contributed by atoms with van der Waals surface area (Å²) in [5.41, 5.74) is 0. The molecule has 0 saturated heterocycles. The highest BCUT2D eigenvalue weighted by molar-refractivity contribution is 7.78. The Labute approximate surface area is 122 Å². The molecule has 0 aromatic carbocycles. The average Bonchev–Trinajstić information content (AvgIpc) is 2.75. The van der Waals surface area contributed by atoms with Crippen LogP contribution < -0.4 is 4.57 Å². The van der Waals surface area contributed by atoms with Crippen molar-refractivity contribution < 1.29 is 24.4 Å². The number of nitrogens with zero attached hydrogens (tertiary/aromatic N) is 3. The number of imidazole rings is 1. The quantitative estimate of drug-likeness (QED) is 0.375. The first-order valence-electron chi connectivity index (χ1n) is 5.53. The molecule has 1 rings (SSSR count). The summed E-state index contributed by atoms with van der Waals surface area (Å²) in [5, 5.41) is 24.1. The zero-order valence-electron chi connectivity index (χ0n) is 11.3. The van der Waals surface area contributed by atoms with E-state index in [1.807, 2.05) is 7.05 Å². The van der Waals surface area contributed by atoms with Crippen molar-refractivity contribution in [3.05, 3.63) is 36.3 Å². The molecular formula is C12H17N3O4S. The number of aliphatic carboxylic acids is 2. The van der Waals surface area contributed by atoms with Crippen LogP contribution in [0.1, 0.15) is 13.3 Å². The van der Waals surface area contributed by atoms with E-state index in [9.17, 15) is 9.59 Å². The van der Waals surface area contributed by atoms with Gasteiger partial charge in [-0.2, -0.15) is 5.16 Å². The number of rotatable bonds is 4. The summed E-state index contributed by atoms with van der Waals surface area (Å²) in [6.07, 6.45) is 8.54. The number of carbonyl (C=O) groups is 2. The number of aryl methyl sites for hydroxylation is 2. The van der Waals surface area contributed by atoms with E-state index < -0.39 is 11.9 Å². The van der Waals surface area contributed by atoms with Crippen molar-refractivity contribution in [2.24, 2.45) is 7.05 Å². The van der Waals surface area contributed by atoms with Crippen LogP contribution in [0, 0.1) is 0 Å². The van der Waals surface area contributed by atoms with Gasteiger partial charge < -0.3 is 15.6 Å². The second kappa shape index (κ2) is 13.1. The lowest BCUT2D eigenvalue weighted by Gasteiger charge is -1.86. The molecule has 20 heavy (non-hydrogen) atoms. The van der Waals surface area contributed by atoms with E-state index >= 15 is 0 Å². The number of carboxylic acids is 2. The molecule has 1 aromatic rings. The van der Waals surface area contributed by atoms with Gasteiger partial charge in [-0.3, -0.25) is 0 Å². The average molecular weight is 299 g/mol. The standard InChI is InChI=1S/C7H13N2.C4H4O4.CNS/c1-3-4-9-6-5-8(2)7-9;5-3(6)1-2-4(7)8;2-1-3/h5-7H,3-4H2,1-2H3;1-2H,(H,5,6)(H,7,8);/q+1;;-1/b;2-1-;. The fourth-order valence-electron chi connectivity index (χ4n) is 1.03. The van der Waals surface area contributed by atoms with Crippen LogP contribution in [0.2, 0.25) is 0 Å². The second-order valence-corrected chi connectivity index (χ2v) is 3.60. The number of thiocarbonyl (C=S) groups is 1. The number of aromatic nitrogens is 2. The maximum atomic E-state index is 9.55. The van der Waals surface area contributed by atoms with Gasteiger partial charge in [0.15, 0.2) is 0 Å². The summed E-state index contributed by atoms with van der Waals surface area (Å²) in [4.78, 5) is 19.1. The Morgan fingerprint density at radius 3 is 2.10 bits per heavy atom. The highest BCUT2D eigenvalue weighted by Crippen LogP contribution is 1.85. The maximum Gasteiger partial charge on any atom is 0.328 e. The molecule has 0 atom stereocenters. The fraction of sp³-hybridized carbons (Fsp3) is 0.333. The molecular weight excluding hydrogens is 282 g/mol. The van der Waals surface area contributed by atoms with Crippen molar-refractivity contribution in [3.63, 3.8) is 0 Å². The molecule has 2 N–H and O–H groups in total. The molecule has 1 aromatic heterocycles. The van der Waals surface area contributed by atoms with Crippen molar-refractivity contribution in [2.45, 2.75) is 19.9 Å². The number of carboxylic acid groups (broad SMARTS) is 2. The minimum atomic E-state index is -1.26. The van der Waals surface area contributed by atoms with Gasteiger partial charge in [0.2, 0.25) is 6.33 Å². The summed E-state index contributed by atoms with van der Waals surface area (Å²) in [7, 11) is 2.03. The van der Waals surface area contributed by atoms with E-state index in [4.69, 9.17) is 15.6 Å². The molecule has 0 saturated carbocycles.